The second-order valence-electron chi connectivity index (χ2n) is 3.97. The summed E-state index contributed by atoms with van der Waals surface area (Å²) in [6, 6.07) is 7.07. The molecule has 0 spiro atoms. The Morgan fingerprint density at radius 3 is 2.61 bits per heavy atom. The smallest absolute Gasteiger partial charge is 0.336 e. The molecule has 0 aromatic heterocycles. The Hall–Kier alpha value is -1.13. The van der Waals surface area contributed by atoms with Crippen LogP contribution in [0.5, 0.6) is 0 Å². The second-order valence-corrected chi connectivity index (χ2v) is 4.88. The minimum Gasteiger partial charge on any atom is -0.462 e. The lowest BCUT2D eigenvalue weighted by molar-refractivity contribution is -0.140. The van der Waals surface area contributed by atoms with Crippen LogP contribution in [0.4, 0.5) is 0 Å². The lowest BCUT2D eigenvalue weighted by Crippen LogP contribution is -2.14. The summed E-state index contributed by atoms with van der Waals surface area (Å²) in [5.41, 5.74) is 0.684. The minimum atomic E-state index is -1.02. The molecule has 0 aliphatic carbocycles. The van der Waals surface area contributed by atoms with Crippen LogP contribution in [0.15, 0.2) is 40.9 Å². The highest BCUT2D eigenvalue weighted by Crippen LogP contribution is 2.23. The number of halogens is 1. The summed E-state index contributed by atoms with van der Waals surface area (Å²) >= 11 is 3.31. The van der Waals surface area contributed by atoms with Gasteiger partial charge in [0.05, 0.1) is 12.2 Å². The highest BCUT2D eigenvalue weighted by molar-refractivity contribution is 9.10. The number of ether oxygens (including phenoxy) is 1. The standard InChI is InChI=1S/C14H17BrO3/c1-3-4-9-18-14(17)10(2)13(16)11-5-7-12(15)8-6-11/h5-8,13,16H,2-4,9H2,1H3. The first kappa shape index (κ1) is 14.9. The molecule has 1 atom stereocenters. The third-order valence-electron chi connectivity index (χ3n) is 2.51. The van der Waals surface area contributed by atoms with Gasteiger partial charge in [-0.15, -0.1) is 0 Å². The lowest BCUT2D eigenvalue weighted by atomic mass is 10.0. The molecule has 0 amide bonds. The average Bonchev–Trinajstić information content (AvgIpc) is 2.38. The fourth-order valence-corrected chi connectivity index (χ4v) is 1.62. The Kier molecular flexibility index (Phi) is 6.09. The van der Waals surface area contributed by atoms with Crippen LogP contribution in [0, 0.1) is 0 Å². The number of carbonyl (C=O) groups excluding carboxylic acids is 1. The second kappa shape index (κ2) is 7.34. The van der Waals surface area contributed by atoms with E-state index in [2.05, 4.69) is 22.5 Å². The molecule has 1 aromatic carbocycles. The van der Waals surface area contributed by atoms with Crippen LogP contribution in [-0.2, 0) is 9.53 Å². The Balaban J connectivity index is 2.60. The zero-order chi connectivity index (χ0) is 13.5. The maximum atomic E-state index is 11.6. The van der Waals surface area contributed by atoms with Crippen molar-refractivity contribution in [2.75, 3.05) is 6.61 Å². The summed E-state index contributed by atoms with van der Waals surface area (Å²) in [7, 11) is 0. The highest BCUT2D eigenvalue weighted by Gasteiger charge is 2.19. The zero-order valence-electron chi connectivity index (χ0n) is 10.4. The van der Waals surface area contributed by atoms with Gasteiger partial charge in [0.15, 0.2) is 0 Å². The van der Waals surface area contributed by atoms with Gasteiger partial charge in [0.25, 0.3) is 0 Å². The van der Waals surface area contributed by atoms with Gasteiger partial charge in [-0.25, -0.2) is 4.79 Å². The van der Waals surface area contributed by atoms with Gasteiger partial charge in [-0.2, -0.15) is 0 Å². The van der Waals surface area contributed by atoms with Gasteiger partial charge in [-0.1, -0.05) is 48.0 Å². The maximum absolute atomic E-state index is 11.6. The molecule has 0 fully saturated rings. The number of benzene rings is 1. The molecule has 0 aliphatic heterocycles. The largest absolute Gasteiger partial charge is 0.462 e. The number of carbonyl (C=O) groups is 1. The van der Waals surface area contributed by atoms with Crippen LogP contribution in [0.3, 0.4) is 0 Å². The van der Waals surface area contributed by atoms with Crippen LogP contribution in [0.25, 0.3) is 0 Å². The third kappa shape index (κ3) is 4.27. The summed E-state index contributed by atoms with van der Waals surface area (Å²) in [5.74, 6) is -0.543. The van der Waals surface area contributed by atoms with E-state index in [1.165, 1.54) is 0 Å². The van der Waals surface area contributed by atoms with Crippen molar-refractivity contribution in [2.24, 2.45) is 0 Å². The maximum Gasteiger partial charge on any atom is 0.336 e. The van der Waals surface area contributed by atoms with E-state index in [9.17, 15) is 9.90 Å². The van der Waals surface area contributed by atoms with Crippen molar-refractivity contribution in [1.29, 1.82) is 0 Å². The van der Waals surface area contributed by atoms with Gasteiger partial charge in [0.1, 0.15) is 6.10 Å². The first-order valence-corrected chi connectivity index (χ1v) is 6.65. The molecule has 0 aliphatic rings. The van der Waals surface area contributed by atoms with Crippen molar-refractivity contribution in [3.05, 3.63) is 46.5 Å². The van der Waals surface area contributed by atoms with Crippen molar-refractivity contribution in [3.63, 3.8) is 0 Å². The molecule has 0 radical (unpaired) electrons. The number of hydrogen-bond acceptors (Lipinski definition) is 3. The summed E-state index contributed by atoms with van der Waals surface area (Å²) in [6.45, 7) is 5.97. The minimum absolute atomic E-state index is 0.0634. The molecular weight excluding hydrogens is 296 g/mol. The Morgan fingerprint density at radius 2 is 2.06 bits per heavy atom. The lowest BCUT2D eigenvalue weighted by Gasteiger charge is -2.13. The van der Waals surface area contributed by atoms with Crippen molar-refractivity contribution < 1.29 is 14.6 Å². The molecule has 1 unspecified atom stereocenters. The summed E-state index contributed by atoms with van der Waals surface area (Å²) in [4.78, 5) is 11.6. The topological polar surface area (TPSA) is 46.5 Å². The van der Waals surface area contributed by atoms with E-state index in [4.69, 9.17) is 4.74 Å². The van der Waals surface area contributed by atoms with Gasteiger partial charge < -0.3 is 9.84 Å². The van der Waals surface area contributed by atoms with E-state index in [1.807, 2.05) is 6.92 Å². The van der Waals surface area contributed by atoms with Gasteiger partial charge >= 0.3 is 5.97 Å². The van der Waals surface area contributed by atoms with Crippen LogP contribution >= 0.6 is 15.9 Å². The fraction of sp³-hybridized carbons (Fsp3) is 0.357. The quantitative estimate of drug-likeness (QED) is 0.497. The molecular formula is C14H17BrO3. The molecule has 1 N–H and O–H groups in total. The molecule has 0 saturated carbocycles. The normalized spacial score (nSPS) is 11.9. The van der Waals surface area contributed by atoms with E-state index in [0.29, 0.717) is 12.2 Å². The number of unbranched alkanes of at least 4 members (excludes halogenated alkanes) is 1. The van der Waals surface area contributed by atoms with Gasteiger partial charge in [0, 0.05) is 4.47 Å². The molecule has 3 nitrogen and oxygen atoms in total. The van der Waals surface area contributed by atoms with Crippen LogP contribution in [0.1, 0.15) is 31.4 Å². The van der Waals surface area contributed by atoms with Crippen molar-refractivity contribution in [1.82, 2.24) is 0 Å². The molecule has 4 heteroatoms. The average molecular weight is 313 g/mol. The molecule has 0 bridgehead atoms. The summed E-state index contributed by atoms with van der Waals surface area (Å²) in [5, 5.41) is 9.99. The summed E-state index contributed by atoms with van der Waals surface area (Å²) in [6.07, 6.45) is 0.745. The molecule has 1 aromatic rings. The summed E-state index contributed by atoms with van der Waals surface area (Å²) < 4.78 is 5.91. The van der Waals surface area contributed by atoms with Crippen molar-refractivity contribution in [2.45, 2.75) is 25.9 Å². The van der Waals surface area contributed by atoms with E-state index in [-0.39, 0.29) is 5.57 Å². The first-order chi connectivity index (χ1) is 8.56. The third-order valence-corrected chi connectivity index (χ3v) is 3.04. The van der Waals surface area contributed by atoms with E-state index in [0.717, 1.165) is 17.3 Å². The molecule has 98 valence electrons. The van der Waals surface area contributed by atoms with Crippen LogP contribution in [0.2, 0.25) is 0 Å². The predicted molar refractivity (Wildman–Crippen MR) is 74.1 cm³/mol. The van der Waals surface area contributed by atoms with Crippen molar-refractivity contribution in [3.8, 4) is 0 Å². The molecule has 18 heavy (non-hydrogen) atoms. The highest BCUT2D eigenvalue weighted by atomic mass is 79.9. The number of hydrogen-bond donors (Lipinski definition) is 1. The number of aliphatic hydroxyl groups is 1. The Bertz CT molecular complexity index is 412. The van der Waals surface area contributed by atoms with Crippen molar-refractivity contribution >= 4 is 21.9 Å². The molecule has 1 rings (SSSR count). The monoisotopic (exact) mass is 312 g/mol. The van der Waals surface area contributed by atoms with E-state index >= 15 is 0 Å². The first-order valence-electron chi connectivity index (χ1n) is 5.85. The Morgan fingerprint density at radius 1 is 1.44 bits per heavy atom. The predicted octanol–water partition coefficient (Wildman–Crippen LogP) is 3.38. The van der Waals surface area contributed by atoms with Crippen LogP contribution < -0.4 is 0 Å². The van der Waals surface area contributed by atoms with Gasteiger partial charge in [-0.05, 0) is 24.1 Å². The SMILES string of the molecule is C=C(C(=O)OCCCC)C(O)c1ccc(Br)cc1. The van der Waals surface area contributed by atoms with Gasteiger partial charge in [-0.3, -0.25) is 0 Å². The van der Waals surface area contributed by atoms with Gasteiger partial charge in [0.2, 0.25) is 0 Å². The molecule has 0 heterocycles. The molecule has 0 saturated heterocycles. The van der Waals surface area contributed by atoms with Crippen LogP contribution in [-0.4, -0.2) is 17.7 Å². The number of esters is 1. The number of rotatable bonds is 6. The van der Waals surface area contributed by atoms with E-state index < -0.39 is 12.1 Å². The number of aliphatic hydroxyl groups excluding tert-OH is 1. The fourth-order valence-electron chi connectivity index (χ4n) is 1.36. The Labute approximate surface area is 116 Å². The zero-order valence-corrected chi connectivity index (χ0v) is 11.9. The van der Waals surface area contributed by atoms with E-state index in [1.54, 1.807) is 24.3 Å².